The number of rotatable bonds is 5. The molecule has 3 rings (SSSR count). The summed E-state index contributed by atoms with van der Waals surface area (Å²) in [6.07, 6.45) is -0.622. The number of nitrogens with one attached hydrogen (secondary N) is 1. The quantitative estimate of drug-likeness (QED) is 0.628. The van der Waals surface area contributed by atoms with Crippen molar-refractivity contribution in [3.05, 3.63) is 75.6 Å². The summed E-state index contributed by atoms with van der Waals surface area (Å²) in [7, 11) is 0. The summed E-state index contributed by atoms with van der Waals surface area (Å²) in [6.45, 7) is 2.48. The highest BCUT2D eigenvalue weighted by molar-refractivity contribution is 5.84. The summed E-state index contributed by atoms with van der Waals surface area (Å²) in [6, 6.07) is 14.1. The van der Waals surface area contributed by atoms with Crippen LogP contribution in [0.4, 0.5) is 0 Å². The predicted molar refractivity (Wildman–Crippen MR) is 92.0 cm³/mol. The highest BCUT2D eigenvalue weighted by Gasteiger charge is 2.11. The van der Waals surface area contributed by atoms with Crippen LogP contribution in [0.25, 0.3) is 11.0 Å². The Bertz CT molecular complexity index is 902. The van der Waals surface area contributed by atoms with Crippen molar-refractivity contribution in [1.29, 1.82) is 0 Å². The Kier molecular flexibility index (Phi) is 4.64. The maximum atomic E-state index is 11.8. The molecular weight excluding hydrogens is 306 g/mol. The normalized spacial score (nSPS) is 12.4. The van der Waals surface area contributed by atoms with E-state index in [9.17, 15) is 15.0 Å². The van der Waals surface area contributed by atoms with Crippen molar-refractivity contribution in [2.45, 2.75) is 19.6 Å². The first-order valence-electron chi connectivity index (χ1n) is 7.75. The second-order valence-electron chi connectivity index (χ2n) is 5.73. The van der Waals surface area contributed by atoms with Crippen LogP contribution in [0, 0.1) is 6.92 Å². The van der Waals surface area contributed by atoms with Crippen LogP contribution in [0.1, 0.15) is 22.8 Å². The molecule has 124 valence electrons. The van der Waals surface area contributed by atoms with Gasteiger partial charge in [0.05, 0.1) is 6.10 Å². The van der Waals surface area contributed by atoms with Crippen molar-refractivity contribution in [2.75, 3.05) is 6.54 Å². The summed E-state index contributed by atoms with van der Waals surface area (Å²) in [5.74, 6) is 0.0928. The highest BCUT2D eigenvalue weighted by atomic mass is 16.4. The highest BCUT2D eigenvalue weighted by Crippen LogP contribution is 2.27. The molecule has 3 aromatic rings. The first kappa shape index (κ1) is 16.2. The van der Waals surface area contributed by atoms with Crippen LogP contribution in [-0.4, -0.2) is 16.8 Å². The van der Waals surface area contributed by atoms with Gasteiger partial charge < -0.3 is 19.9 Å². The van der Waals surface area contributed by atoms with E-state index < -0.39 is 11.7 Å². The maximum Gasteiger partial charge on any atom is 0.336 e. The van der Waals surface area contributed by atoms with E-state index in [1.54, 1.807) is 19.1 Å². The minimum atomic E-state index is -0.622. The molecule has 0 saturated heterocycles. The first-order chi connectivity index (χ1) is 11.6. The molecule has 5 heteroatoms. The minimum Gasteiger partial charge on any atom is -0.508 e. The van der Waals surface area contributed by atoms with Crippen LogP contribution in [0.5, 0.6) is 5.75 Å². The average molecular weight is 325 g/mol. The summed E-state index contributed by atoms with van der Waals surface area (Å²) < 4.78 is 5.22. The van der Waals surface area contributed by atoms with E-state index >= 15 is 0 Å². The zero-order chi connectivity index (χ0) is 17.1. The molecule has 24 heavy (non-hydrogen) atoms. The number of benzene rings is 2. The van der Waals surface area contributed by atoms with E-state index in [-0.39, 0.29) is 5.75 Å². The van der Waals surface area contributed by atoms with Crippen molar-refractivity contribution in [3.63, 3.8) is 0 Å². The Morgan fingerprint density at radius 1 is 1.17 bits per heavy atom. The van der Waals surface area contributed by atoms with Crippen LogP contribution in [0.15, 0.2) is 57.7 Å². The van der Waals surface area contributed by atoms with Crippen LogP contribution >= 0.6 is 0 Å². The van der Waals surface area contributed by atoms with E-state index in [4.69, 9.17) is 4.42 Å². The monoisotopic (exact) mass is 325 g/mol. The minimum absolute atomic E-state index is 0.0928. The number of aryl methyl sites for hydroxylation is 1. The van der Waals surface area contributed by atoms with Crippen LogP contribution in [0.2, 0.25) is 0 Å². The van der Waals surface area contributed by atoms with Gasteiger partial charge in [-0.25, -0.2) is 4.79 Å². The Hall–Kier alpha value is -2.63. The van der Waals surface area contributed by atoms with Gasteiger partial charge in [-0.2, -0.15) is 0 Å². The first-order valence-corrected chi connectivity index (χ1v) is 7.75. The lowest BCUT2D eigenvalue weighted by atomic mass is 10.1. The zero-order valence-corrected chi connectivity index (χ0v) is 13.3. The van der Waals surface area contributed by atoms with Gasteiger partial charge in [0.15, 0.2) is 0 Å². The van der Waals surface area contributed by atoms with Gasteiger partial charge in [-0.15, -0.1) is 0 Å². The van der Waals surface area contributed by atoms with Crippen LogP contribution < -0.4 is 10.9 Å². The Morgan fingerprint density at radius 2 is 1.92 bits per heavy atom. The van der Waals surface area contributed by atoms with Gasteiger partial charge in [-0.05, 0) is 30.2 Å². The summed E-state index contributed by atoms with van der Waals surface area (Å²) in [5.41, 5.74) is 2.07. The van der Waals surface area contributed by atoms with Crippen LogP contribution in [-0.2, 0) is 6.54 Å². The number of aliphatic hydroxyl groups excluding tert-OH is 1. The van der Waals surface area contributed by atoms with Gasteiger partial charge in [0, 0.05) is 30.1 Å². The van der Waals surface area contributed by atoms with Gasteiger partial charge in [-0.3, -0.25) is 0 Å². The fourth-order valence-electron chi connectivity index (χ4n) is 2.70. The van der Waals surface area contributed by atoms with Gasteiger partial charge in [-0.1, -0.05) is 30.3 Å². The standard InChI is InChI=1S/C19H19NO4/c1-12-16(21)8-7-15-14(9-18(23)24-19(12)15)10-20-11-17(22)13-5-3-2-4-6-13/h2-9,17,20-22H,10-11H2,1H3/t17-/m0/s1. The molecule has 0 saturated carbocycles. The number of hydrogen-bond acceptors (Lipinski definition) is 5. The van der Waals surface area contributed by atoms with Crippen molar-refractivity contribution in [3.8, 4) is 5.75 Å². The molecule has 0 spiro atoms. The van der Waals surface area contributed by atoms with Crippen molar-refractivity contribution >= 4 is 11.0 Å². The third-order valence-electron chi connectivity index (χ3n) is 4.06. The van der Waals surface area contributed by atoms with Gasteiger partial charge in [0.2, 0.25) is 0 Å². The molecule has 0 amide bonds. The summed E-state index contributed by atoms with van der Waals surface area (Å²) >= 11 is 0. The molecule has 0 unspecified atom stereocenters. The number of phenolic OH excluding ortho intramolecular Hbond substituents is 1. The average Bonchev–Trinajstić information content (AvgIpc) is 2.59. The van der Waals surface area contributed by atoms with Gasteiger partial charge in [0.1, 0.15) is 11.3 Å². The smallest absolute Gasteiger partial charge is 0.336 e. The summed E-state index contributed by atoms with van der Waals surface area (Å²) in [4.78, 5) is 11.8. The molecule has 2 aromatic carbocycles. The molecule has 5 nitrogen and oxygen atoms in total. The number of phenols is 1. The van der Waals surface area contributed by atoms with Crippen molar-refractivity contribution < 1.29 is 14.6 Å². The van der Waals surface area contributed by atoms with Gasteiger partial charge >= 0.3 is 5.63 Å². The number of fused-ring (bicyclic) bond motifs is 1. The van der Waals surface area contributed by atoms with E-state index in [2.05, 4.69) is 5.32 Å². The number of aromatic hydroxyl groups is 1. The number of aliphatic hydroxyl groups is 1. The zero-order valence-electron chi connectivity index (χ0n) is 13.3. The fourth-order valence-corrected chi connectivity index (χ4v) is 2.70. The molecule has 0 fully saturated rings. The van der Waals surface area contributed by atoms with Crippen molar-refractivity contribution in [2.24, 2.45) is 0 Å². The second kappa shape index (κ2) is 6.86. The summed E-state index contributed by atoms with van der Waals surface area (Å²) in [5, 5.41) is 23.9. The van der Waals surface area contributed by atoms with Gasteiger partial charge in [0.25, 0.3) is 0 Å². The maximum absolute atomic E-state index is 11.8. The predicted octanol–water partition coefficient (Wildman–Crippen LogP) is 2.63. The molecule has 1 atom stereocenters. The topological polar surface area (TPSA) is 82.7 Å². The van der Waals surface area contributed by atoms with E-state index in [1.807, 2.05) is 30.3 Å². The van der Waals surface area contributed by atoms with Crippen LogP contribution in [0.3, 0.4) is 0 Å². The van der Waals surface area contributed by atoms with E-state index in [1.165, 1.54) is 6.07 Å². The largest absolute Gasteiger partial charge is 0.508 e. The van der Waals surface area contributed by atoms with Crippen molar-refractivity contribution in [1.82, 2.24) is 5.32 Å². The molecule has 0 bridgehead atoms. The lowest BCUT2D eigenvalue weighted by molar-refractivity contribution is 0.174. The third kappa shape index (κ3) is 3.32. The Balaban J connectivity index is 1.78. The molecule has 0 aliphatic rings. The molecule has 1 heterocycles. The molecule has 0 radical (unpaired) electrons. The lowest BCUT2D eigenvalue weighted by Crippen LogP contribution is -2.21. The fraction of sp³-hybridized carbons (Fsp3) is 0.211. The molecule has 3 N–H and O–H groups in total. The third-order valence-corrected chi connectivity index (χ3v) is 4.06. The molecular formula is C19H19NO4. The molecule has 0 aliphatic carbocycles. The lowest BCUT2D eigenvalue weighted by Gasteiger charge is -2.13. The van der Waals surface area contributed by atoms with E-state index in [0.29, 0.717) is 24.2 Å². The van der Waals surface area contributed by atoms with E-state index in [0.717, 1.165) is 16.5 Å². The molecule has 1 aromatic heterocycles. The SMILES string of the molecule is Cc1c(O)ccc2c(CNC[C@H](O)c3ccccc3)cc(=O)oc12. The second-order valence-corrected chi connectivity index (χ2v) is 5.73. The number of hydrogen-bond donors (Lipinski definition) is 3. The Labute approximate surface area is 139 Å². The molecule has 0 aliphatic heterocycles. The Morgan fingerprint density at radius 3 is 2.67 bits per heavy atom.